The molecule has 0 saturated carbocycles. The van der Waals surface area contributed by atoms with Gasteiger partial charge in [-0.15, -0.1) is 0 Å². The molecule has 0 aliphatic carbocycles. The van der Waals surface area contributed by atoms with Crippen LogP contribution >= 0.6 is 0 Å². The quantitative estimate of drug-likeness (QED) is 0.784. The molecule has 1 rings (SSSR count). The molecule has 0 spiro atoms. The van der Waals surface area contributed by atoms with Gasteiger partial charge in [0.05, 0.1) is 6.61 Å². The average Bonchev–Trinajstić information content (AvgIpc) is 2.26. The third-order valence-electron chi connectivity index (χ3n) is 2.01. The van der Waals surface area contributed by atoms with Gasteiger partial charge >= 0.3 is 0 Å². The van der Waals surface area contributed by atoms with Crippen molar-refractivity contribution in [3.05, 3.63) is 24.1 Å². The molecule has 0 saturated heterocycles. The molecule has 0 amide bonds. The van der Waals surface area contributed by atoms with Crippen LogP contribution in [0.25, 0.3) is 0 Å². The Morgan fingerprint density at radius 3 is 2.81 bits per heavy atom. The van der Waals surface area contributed by atoms with Gasteiger partial charge in [-0.1, -0.05) is 6.92 Å². The lowest BCUT2D eigenvalue weighted by atomic mass is 10.3. The molecule has 0 radical (unpaired) electrons. The van der Waals surface area contributed by atoms with E-state index in [2.05, 4.69) is 9.71 Å². The molecular formula is C9H13FN2O3S. The summed E-state index contributed by atoms with van der Waals surface area (Å²) >= 11 is 0. The maximum atomic E-state index is 13.2. The van der Waals surface area contributed by atoms with Crippen molar-refractivity contribution in [3.63, 3.8) is 0 Å². The Balaban J connectivity index is 2.99. The summed E-state index contributed by atoms with van der Waals surface area (Å²) < 4.78 is 38.7. The van der Waals surface area contributed by atoms with Crippen LogP contribution in [-0.2, 0) is 10.0 Å². The number of halogens is 1. The summed E-state index contributed by atoms with van der Waals surface area (Å²) in [6.07, 6.45) is 1.60. The lowest BCUT2D eigenvalue weighted by molar-refractivity contribution is 0.253. The molecule has 0 aromatic carbocycles. The minimum atomic E-state index is -4.01. The fraction of sp³-hybridized carbons (Fsp3) is 0.444. The van der Waals surface area contributed by atoms with Crippen molar-refractivity contribution in [1.29, 1.82) is 0 Å². The van der Waals surface area contributed by atoms with Crippen molar-refractivity contribution in [1.82, 2.24) is 9.71 Å². The number of hydrogen-bond acceptors (Lipinski definition) is 4. The fourth-order valence-electron chi connectivity index (χ4n) is 1.09. The molecule has 2 N–H and O–H groups in total. The van der Waals surface area contributed by atoms with Gasteiger partial charge in [0.15, 0.2) is 5.82 Å². The van der Waals surface area contributed by atoms with Crippen LogP contribution in [0.4, 0.5) is 4.39 Å². The molecule has 1 atom stereocenters. The van der Waals surface area contributed by atoms with E-state index < -0.39 is 26.9 Å². The van der Waals surface area contributed by atoms with E-state index in [0.717, 1.165) is 6.07 Å². The summed E-state index contributed by atoms with van der Waals surface area (Å²) in [5.74, 6) is -0.914. The van der Waals surface area contributed by atoms with E-state index >= 15 is 0 Å². The standard InChI is InChI=1S/C9H13FN2O3S/c1-2-7(6-13)12-16(14,15)9-8(10)4-3-5-11-9/h3-5,7,12-13H,2,6H2,1H3. The number of aliphatic hydroxyl groups excluding tert-OH is 1. The number of nitrogens with one attached hydrogen (secondary N) is 1. The topological polar surface area (TPSA) is 79.3 Å². The van der Waals surface area contributed by atoms with Crippen LogP contribution in [0, 0.1) is 5.82 Å². The van der Waals surface area contributed by atoms with Crippen LogP contribution in [0.2, 0.25) is 0 Å². The number of pyridine rings is 1. The van der Waals surface area contributed by atoms with Crippen molar-refractivity contribution in [2.24, 2.45) is 0 Å². The van der Waals surface area contributed by atoms with Crippen molar-refractivity contribution in [3.8, 4) is 0 Å². The van der Waals surface area contributed by atoms with E-state index in [1.807, 2.05) is 0 Å². The predicted octanol–water partition coefficient (Wildman–Crippen LogP) is 0.270. The number of sulfonamides is 1. The van der Waals surface area contributed by atoms with E-state index in [1.54, 1.807) is 6.92 Å². The Hall–Kier alpha value is -1.05. The molecule has 1 aromatic heterocycles. The Morgan fingerprint density at radius 1 is 1.62 bits per heavy atom. The number of rotatable bonds is 5. The summed E-state index contributed by atoms with van der Waals surface area (Å²) in [4.78, 5) is 3.46. The zero-order valence-corrected chi connectivity index (χ0v) is 9.54. The summed E-state index contributed by atoms with van der Waals surface area (Å²) in [6, 6.07) is 1.69. The first-order chi connectivity index (χ1) is 7.51. The molecule has 90 valence electrons. The maximum Gasteiger partial charge on any atom is 0.261 e. The molecule has 0 aliphatic rings. The van der Waals surface area contributed by atoms with E-state index in [1.165, 1.54) is 12.3 Å². The van der Waals surface area contributed by atoms with Gasteiger partial charge in [-0.3, -0.25) is 0 Å². The Morgan fingerprint density at radius 2 is 2.31 bits per heavy atom. The molecule has 0 aliphatic heterocycles. The SMILES string of the molecule is CCC(CO)NS(=O)(=O)c1ncccc1F. The number of aliphatic hydroxyl groups is 1. The smallest absolute Gasteiger partial charge is 0.261 e. The zero-order valence-electron chi connectivity index (χ0n) is 8.72. The zero-order chi connectivity index (χ0) is 12.2. The number of hydrogen-bond donors (Lipinski definition) is 2. The van der Waals surface area contributed by atoms with Gasteiger partial charge < -0.3 is 5.11 Å². The highest BCUT2D eigenvalue weighted by Crippen LogP contribution is 2.10. The molecule has 1 aromatic rings. The van der Waals surface area contributed by atoms with Gasteiger partial charge in [0.1, 0.15) is 0 Å². The maximum absolute atomic E-state index is 13.2. The van der Waals surface area contributed by atoms with Crippen LogP contribution in [0.5, 0.6) is 0 Å². The lowest BCUT2D eigenvalue weighted by Crippen LogP contribution is -2.37. The first kappa shape index (κ1) is 13.0. The molecule has 0 fully saturated rings. The second-order valence-electron chi connectivity index (χ2n) is 3.20. The van der Waals surface area contributed by atoms with E-state index in [-0.39, 0.29) is 6.61 Å². The number of aromatic nitrogens is 1. The van der Waals surface area contributed by atoms with Crippen molar-refractivity contribution in [2.75, 3.05) is 6.61 Å². The minimum absolute atomic E-state index is 0.343. The normalized spacial score (nSPS) is 13.7. The van der Waals surface area contributed by atoms with Crippen molar-refractivity contribution < 1.29 is 17.9 Å². The summed E-state index contributed by atoms with van der Waals surface area (Å²) in [5.41, 5.74) is 0. The molecular weight excluding hydrogens is 235 g/mol. The summed E-state index contributed by atoms with van der Waals surface area (Å²) in [6.45, 7) is 1.36. The predicted molar refractivity (Wildman–Crippen MR) is 55.7 cm³/mol. The monoisotopic (exact) mass is 248 g/mol. The minimum Gasteiger partial charge on any atom is -0.395 e. The summed E-state index contributed by atoms with van der Waals surface area (Å²) in [7, 11) is -4.01. The second kappa shape index (κ2) is 5.33. The molecule has 0 bridgehead atoms. The third kappa shape index (κ3) is 2.97. The molecule has 7 heteroatoms. The molecule has 5 nitrogen and oxygen atoms in total. The van der Waals surface area contributed by atoms with Crippen molar-refractivity contribution in [2.45, 2.75) is 24.4 Å². The van der Waals surface area contributed by atoms with Crippen LogP contribution in [-0.4, -0.2) is 31.2 Å². The Bertz CT molecular complexity index is 446. The van der Waals surface area contributed by atoms with Gasteiger partial charge in [0.25, 0.3) is 10.0 Å². The van der Waals surface area contributed by atoms with Crippen LogP contribution in [0.3, 0.4) is 0 Å². The highest BCUT2D eigenvalue weighted by Gasteiger charge is 2.23. The van der Waals surface area contributed by atoms with E-state index in [0.29, 0.717) is 6.42 Å². The van der Waals surface area contributed by atoms with E-state index in [4.69, 9.17) is 5.11 Å². The van der Waals surface area contributed by atoms with Crippen LogP contribution < -0.4 is 4.72 Å². The largest absolute Gasteiger partial charge is 0.395 e. The molecule has 1 unspecified atom stereocenters. The van der Waals surface area contributed by atoms with Gasteiger partial charge in [-0.2, -0.15) is 0 Å². The molecule has 1 heterocycles. The van der Waals surface area contributed by atoms with Gasteiger partial charge in [-0.25, -0.2) is 22.5 Å². The lowest BCUT2D eigenvalue weighted by Gasteiger charge is -2.13. The first-order valence-corrected chi connectivity index (χ1v) is 6.23. The highest BCUT2D eigenvalue weighted by molar-refractivity contribution is 7.89. The van der Waals surface area contributed by atoms with Crippen LogP contribution in [0.1, 0.15) is 13.3 Å². The highest BCUT2D eigenvalue weighted by atomic mass is 32.2. The van der Waals surface area contributed by atoms with Crippen molar-refractivity contribution >= 4 is 10.0 Å². The van der Waals surface area contributed by atoms with Gasteiger partial charge in [-0.05, 0) is 18.6 Å². The number of nitrogens with zero attached hydrogens (tertiary/aromatic N) is 1. The Kier molecular flexibility index (Phi) is 4.34. The van der Waals surface area contributed by atoms with Crippen LogP contribution in [0.15, 0.2) is 23.4 Å². The fourth-order valence-corrected chi connectivity index (χ4v) is 2.41. The van der Waals surface area contributed by atoms with Gasteiger partial charge in [0, 0.05) is 12.2 Å². The third-order valence-corrected chi connectivity index (χ3v) is 3.47. The first-order valence-electron chi connectivity index (χ1n) is 4.75. The molecule has 16 heavy (non-hydrogen) atoms. The summed E-state index contributed by atoms with van der Waals surface area (Å²) in [5, 5.41) is 8.21. The Labute approximate surface area is 93.4 Å². The van der Waals surface area contributed by atoms with E-state index in [9.17, 15) is 12.8 Å². The average molecular weight is 248 g/mol. The second-order valence-corrected chi connectivity index (χ2v) is 4.83. The van der Waals surface area contributed by atoms with Gasteiger partial charge in [0.2, 0.25) is 5.03 Å².